The fourth-order valence-electron chi connectivity index (χ4n) is 2.95. The molecule has 2 rings (SSSR count). The van der Waals surface area contributed by atoms with Crippen LogP contribution in [0.4, 0.5) is 0 Å². The van der Waals surface area contributed by atoms with Gasteiger partial charge in [-0.15, -0.1) is 0 Å². The molecule has 0 unspecified atom stereocenters. The molecule has 0 saturated carbocycles. The van der Waals surface area contributed by atoms with E-state index in [0.717, 1.165) is 23.6 Å². The van der Waals surface area contributed by atoms with Gasteiger partial charge in [0, 0.05) is 18.2 Å². The zero-order valence-corrected chi connectivity index (χ0v) is 13.5. The minimum Gasteiger partial charge on any atom is -0.497 e. The number of nitrogens with one attached hydrogen (secondary N) is 1. The smallest absolute Gasteiger partial charge is 0.123 e. The molecule has 0 amide bonds. The molecule has 0 aromatic heterocycles. The highest BCUT2D eigenvalue weighted by atomic mass is 16.5. The molecule has 1 aliphatic rings. The van der Waals surface area contributed by atoms with E-state index < -0.39 is 0 Å². The highest BCUT2D eigenvalue weighted by Gasteiger charge is 2.18. The SMILES string of the molecule is CCCN1CCC(NCc2cc(OC)ccc2OC)CC1. The maximum atomic E-state index is 5.43. The number of ether oxygens (including phenoxy) is 2. The van der Waals surface area contributed by atoms with Crippen molar-refractivity contribution in [3.8, 4) is 11.5 Å². The van der Waals surface area contributed by atoms with E-state index in [2.05, 4.69) is 23.2 Å². The van der Waals surface area contributed by atoms with Gasteiger partial charge in [0.2, 0.25) is 0 Å². The third kappa shape index (κ3) is 4.61. The van der Waals surface area contributed by atoms with Crippen LogP contribution >= 0.6 is 0 Å². The Kier molecular flexibility index (Phi) is 6.33. The van der Waals surface area contributed by atoms with E-state index in [4.69, 9.17) is 9.47 Å². The van der Waals surface area contributed by atoms with Gasteiger partial charge in [-0.05, 0) is 57.1 Å². The summed E-state index contributed by atoms with van der Waals surface area (Å²) in [5.74, 6) is 1.80. The zero-order valence-electron chi connectivity index (χ0n) is 13.5. The summed E-state index contributed by atoms with van der Waals surface area (Å²) in [6.07, 6.45) is 3.71. The molecule has 1 N–H and O–H groups in total. The Morgan fingerprint density at radius 1 is 1.19 bits per heavy atom. The number of hydrogen-bond donors (Lipinski definition) is 1. The second-order valence-electron chi connectivity index (χ2n) is 5.67. The Labute approximate surface area is 128 Å². The molecule has 1 aromatic rings. The average Bonchev–Trinajstić information content (AvgIpc) is 2.54. The Hall–Kier alpha value is -1.26. The van der Waals surface area contributed by atoms with Gasteiger partial charge in [0.05, 0.1) is 14.2 Å². The van der Waals surface area contributed by atoms with Crippen LogP contribution in [0.3, 0.4) is 0 Å². The lowest BCUT2D eigenvalue weighted by atomic mass is 10.0. The third-order valence-electron chi connectivity index (χ3n) is 4.20. The zero-order chi connectivity index (χ0) is 15.1. The van der Waals surface area contributed by atoms with E-state index >= 15 is 0 Å². The highest BCUT2D eigenvalue weighted by Crippen LogP contribution is 2.24. The number of methoxy groups -OCH3 is 2. The van der Waals surface area contributed by atoms with E-state index in [-0.39, 0.29) is 0 Å². The van der Waals surface area contributed by atoms with E-state index in [1.54, 1.807) is 14.2 Å². The van der Waals surface area contributed by atoms with Crippen LogP contribution in [0.15, 0.2) is 18.2 Å². The summed E-state index contributed by atoms with van der Waals surface area (Å²) < 4.78 is 10.7. The lowest BCUT2D eigenvalue weighted by Crippen LogP contribution is -2.42. The molecule has 1 aliphatic heterocycles. The van der Waals surface area contributed by atoms with Gasteiger partial charge in [-0.25, -0.2) is 0 Å². The van der Waals surface area contributed by atoms with Crippen molar-refractivity contribution in [3.63, 3.8) is 0 Å². The van der Waals surface area contributed by atoms with Crippen LogP contribution in [0.2, 0.25) is 0 Å². The second kappa shape index (κ2) is 8.25. The maximum absolute atomic E-state index is 5.43. The summed E-state index contributed by atoms with van der Waals surface area (Å²) in [4.78, 5) is 2.56. The summed E-state index contributed by atoms with van der Waals surface area (Å²) in [5.41, 5.74) is 1.16. The molecule has 0 atom stereocenters. The van der Waals surface area contributed by atoms with Crippen molar-refractivity contribution in [2.75, 3.05) is 33.9 Å². The molecule has 0 radical (unpaired) electrons. The highest BCUT2D eigenvalue weighted by molar-refractivity contribution is 5.40. The van der Waals surface area contributed by atoms with Crippen LogP contribution in [0, 0.1) is 0 Å². The minimum atomic E-state index is 0.606. The molecule has 0 bridgehead atoms. The first kappa shape index (κ1) is 16.1. The van der Waals surface area contributed by atoms with Gasteiger partial charge in [0.25, 0.3) is 0 Å². The van der Waals surface area contributed by atoms with Gasteiger partial charge >= 0.3 is 0 Å². The lowest BCUT2D eigenvalue weighted by Gasteiger charge is -2.32. The fraction of sp³-hybridized carbons (Fsp3) is 0.647. The predicted molar refractivity (Wildman–Crippen MR) is 86.1 cm³/mol. The number of hydrogen-bond acceptors (Lipinski definition) is 4. The maximum Gasteiger partial charge on any atom is 0.123 e. The summed E-state index contributed by atoms with van der Waals surface area (Å²) in [6.45, 7) is 6.73. The summed E-state index contributed by atoms with van der Waals surface area (Å²) in [7, 11) is 3.41. The van der Waals surface area contributed by atoms with Gasteiger partial charge < -0.3 is 19.7 Å². The molecule has 1 fully saturated rings. The van der Waals surface area contributed by atoms with Gasteiger partial charge in [-0.1, -0.05) is 6.92 Å². The van der Waals surface area contributed by atoms with Crippen LogP contribution in [0.5, 0.6) is 11.5 Å². The van der Waals surface area contributed by atoms with Gasteiger partial charge in [0.1, 0.15) is 11.5 Å². The molecule has 0 spiro atoms. The summed E-state index contributed by atoms with van der Waals surface area (Å²) in [6, 6.07) is 6.57. The monoisotopic (exact) mass is 292 g/mol. The lowest BCUT2D eigenvalue weighted by molar-refractivity contribution is 0.197. The predicted octanol–water partition coefficient (Wildman–Crippen LogP) is 2.67. The molecule has 21 heavy (non-hydrogen) atoms. The Bertz CT molecular complexity index is 429. The second-order valence-corrected chi connectivity index (χ2v) is 5.67. The van der Waals surface area contributed by atoms with Crippen molar-refractivity contribution in [3.05, 3.63) is 23.8 Å². The molecule has 4 nitrogen and oxygen atoms in total. The molecular weight excluding hydrogens is 264 g/mol. The average molecular weight is 292 g/mol. The first-order valence-electron chi connectivity index (χ1n) is 7.93. The van der Waals surface area contributed by atoms with Crippen LogP contribution < -0.4 is 14.8 Å². The van der Waals surface area contributed by atoms with Gasteiger partial charge in [-0.3, -0.25) is 0 Å². The normalized spacial score (nSPS) is 16.9. The molecule has 1 saturated heterocycles. The molecule has 1 heterocycles. The quantitative estimate of drug-likeness (QED) is 0.838. The first-order chi connectivity index (χ1) is 10.3. The largest absolute Gasteiger partial charge is 0.497 e. The van der Waals surface area contributed by atoms with Crippen molar-refractivity contribution < 1.29 is 9.47 Å². The molecule has 118 valence electrons. The van der Waals surface area contributed by atoms with E-state index in [1.165, 1.54) is 38.9 Å². The van der Waals surface area contributed by atoms with Gasteiger partial charge in [-0.2, -0.15) is 0 Å². The van der Waals surface area contributed by atoms with Crippen molar-refractivity contribution in [2.45, 2.75) is 38.8 Å². The first-order valence-corrected chi connectivity index (χ1v) is 7.93. The van der Waals surface area contributed by atoms with E-state index in [1.807, 2.05) is 12.1 Å². The fourth-order valence-corrected chi connectivity index (χ4v) is 2.95. The number of rotatable bonds is 7. The number of likely N-dealkylation sites (tertiary alicyclic amines) is 1. The summed E-state index contributed by atoms with van der Waals surface area (Å²) >= 11 is 0. The molecule has 1 aromatic carbocycles. The Morgan fingerprint density at radius 3 is 2.57 bits per heavy atom. The number of nitrogens with zero attached hydrogens (tertiary/aromatic N) is 1. The molecular formula is C17H28N2O2. The van der Waals surface area contributed by atoms with Crippen LogP contribution in [-0.2, 0) is 6.54 Å². The van der Waals surface area contributed by atoms with Crippen LogP contribution in [-0.4, -0.2) is 44.8 Å². The molecule has 0 aliphatic carbocycles. The van der Waals surface area contributed by atoms with Crippen molar-refractivity contribution in [2.24, 2.45) is 0 Å². The van der Waals surface area contributed by atoms with Gasteiger partial charge in [0.15, 0.2) is 0 Å². The minimum absolute atomic E-state index is 0.606. The third-order valence-corrected chi connectivity index (χ3v) is 4.20. The number of benzene rings is 1. The van der Waals surface area contributed by atoms with Crippen molar-refractivity contribution in [1.29, 1.82) is 0 Å². The van der Waals surface area contributed by atoms with Crippen molar-refractivity contribution in [1.82, 2.24) is 10.2 Å². The van der Waals surface area contributed by atoms with E-state index in [9.17, 15) is 0 Å². The van der Waals surface area contributed by atoms with E-state index in [0.29, 0.717) is 6.04 Å². The van der Waals surface area contributed by atoms with Crippen molar-refractivity contribution >= 4 is 0 Å². The standard InChI is InChI=1S/C17H28N2O2/c1-4-9-19-10-7-15(8-11-19)18-13-14-12-16(20-2)5-6-17(14)21-3/h5-6,12,15,18H,4,7-11,13H2,1-3H3. The number of piperidine rings is 1. The van der Waals surface area contributed by atoms with Crippen LogP contribution in [0.25, 0.3) is 0 Å². The molecule has 4 heteroatoms. The topological polar surface area (TPSA) is 33.7 Å². The Morgan fingerprint density at radius 2 is 1.95 bits per heavy atom. The summed E-state index contributed by atoms with van der Waals surface area (Å²) in [5, 5.41) is 3.66. The Balaban J connectivity index is 1.86. The van der Waals surface area contributed by atoms with Crippen LogP contribution in [0.1, 0.15) is 31.7 Å².